The van der Waals surface area contributed by atoms with Crippen LogP contribution in [0.15, 0.2) is 41.3 Å². The van der Waals surface area contributed by atoms with E-state index in [1.165, 1.54) is 0 Å². The van der Waals surface area contributed by atoms with Gasteiger partial charge in [-0.1, -0.05) is 34.1 Å². The van der Waals surface area contributed by atoms with Gasteiger partial charge in [-0.2, -0.15) is 0 Å². The molecule has 0 unspecified atom stereocenters. The molecule has 0 bridgehead atoms. The Balaban J connectivity index is 2.51. The van der Waals surface area contributed by atoms with E-state index in [2.05, 4.69) is 25.9 Å². The fourth-order valence-electron chi connectivity index (χ4n) is 1.59. The van der Waals surface area contributed by atoms with Gasteiger partial charge in [-0.25, -0.2) is 9.97 Å². The summed E-state index contributed by atoms with van der Waals surface area (Å²) in [7, 11) is 0. The largest absolute Gasteiger partial charge is 0.330 e. The second kappa shape index (κ2) is 5.18. The number of nitrogens with zero attached hydrogens (tertiary/aromatic N) is 2. The average Bonchev–Trinajstić information content (AvgIpc) is 2.31. The van der Waals surface area contributed by atoms with Gasteiger partial charge in [-0.05, 0) is 24.6 Å². The fraction of sp³-hybridized carbons (Fsp3) is 0.167. The Morgan fingerprint density at radius 2 is 2.06 bits per heavy atom. The van der Waals surface area contributed by atoms with Crippen LogP contribution in [0, 0.1) is 0 Å². The summed E-state index contributed by atoms with van der Waals surface area (Å²) < 4.78 is 1.03. The molecule has 3 nitrogen and oxygen atoms in total. The van der Waals surface area contributed by atoms with Gasteiger partial charge in [-0.3, -0.25) is 0 Å². The lowest BCUT2D eigenvalue weighted by atomic mass is 10.1. The smallest absolute Gasteiger partial charge is 0.116 e. The van der Waals surface area contributed by atoms with Crippen molar-refractivity contribution < 1.29 is 0 Å². The summed E-state index contributed by atoms with van der Waals surface area (Å²) in [6.45, 7) is 0.602. The summed E-state index contributed by atoms with van der Waals surface area (Å²) in [6.07, 6.45) is 4.18. The van der Waals surface area contributed by atoms with Crippen molar-refractivity contribution in [3.63, 3.8) is 0 Å². The van der Waals surface area contributed by atoms with E-state index < -0.39 is 0 Å². The molecule has 0 atom stereocenters. The highest BCUT2D eigenvalue weighted by Crippen LogP contribution is 2.28. The zero-order valence-corrected chi connectivity index (χ0v) is 10.3. The maximum absolute atomic E-state index is 5.58. The molecule has 0 amide bonds. The third-order valence-electron chi connectivity index (χ3n) is 2.33. The number of halogens is 1. The van der Waals surface area contributed by atoms with E-state index in [4.69, 9.17) is 5.73 Å². The third kappa shape index (κ3) is 2.28. The van der Waals surface area contributed by atoms with Crippen LogP contribution < -0.4 is 5.73 Å². The van der Waals surface area contributed by atoms with Gasteiger partial charge in [0, 0.05) is 16.2 Å². The lowest BCUT2D eigenvalue weighted by molar-refractivity contribution is 0.944. The summed E-state index contributed by atoms with van der Waals surface area (Å²) in [5.41, 5.74) is 8.69. The normalized spacial score (nSPS) is 10.4. The lowest BCUT2D eigenvalue weighted by Crippen LogP contribution is -2.05. The summed E-state index contributed by atoms with van der Waals surface area (Å²) in [5.74, 6) is 0. The minimum atomic E-state index is 0.602. The summed E-state index contributed by atoms with van der Waals surface area (Å²) in [6, 6.07) is 8.02. The van der Waals surface area contributed by atoms with Crippen LogP contribution in [0.2, 0.25) is 0 Å². The van der Waals surface area contributed by atoms with Crippen LogP contribution in [-0.2, 0) is 6.42 Å². The molecule has 0 saturated heterocycles. The molecule has 0 saturated carbocycles. The second-order valence-electron chi connectivity index (χ2n) is 3.42. The number of benzene rings is 1. The quantitative estimate of drug-likeness (QED) is 0.938. The Morgan fingerprint density at radius 1 is 1.25 bits per heavy atom. The molecule has 0 aliphatic rings. The van der Waals surface area contributed by atoms with Crippen LogP contribution in [0.3, 0.4) is 0 Å². The standard InChI is InChI=1S/C12H12BrN3/c13-11-4-2-1-3-10(11)12-9(5-6-14)7-15-8-16-12/h1-4,7-8H,5-6,14H2. The SMILES string of the molecule is NCCc1cncnc1-c1ccccc1Br. The van der Waals surface area contributed by atoms with E-state index in [0.29, 0.717) is 6.54 Å². The summed E-state index contributed by atoms with van der Waals surface area (Å²) in [5, 5.41) is 0. The number of hydrogen-bond donors (Lipinski definition) is 1. The first-order valence-electron chi connectivity index (χ1n) is 5.07. The van der Waals surface area contributed by atoms with Crippen molar-refractivity contribution in [3.05, 3.63) is 46.8 Å². The third-order valence-corrected chi connectivity index (χ3v) is 3.02. The van der Waals surface area contributed by atoms with Gasteiger partial charge in [0.05, 0.1) is 5.69 Å². The van der Waals surface area contributed by atoms with Crippen molar-refractivity contribution in [2.45, 2.75) is 6.42 Å². The molecule has 2 N–H and O–H groups in total. The molecule has 4 heteroatoms. The van der Waals surface area contributed by atoms with Crippen molar-refractivity contribution in [2.75, 3.05) is 6.54 Å². The number of nitrogens with two attached hydrogens (primary N) is 1. The molecule has 0 aliphatic heterocycles. The molecule has 0 aliphatic carbocycles. The predicted molar refractivity (Wildman–Crippen MR) is 67.9 cm³/mol. The van der Waals surface area contributed by atoms with E-state index in [1.54, 1.807) is 6.33 Å². The Hall–Kier alpha value is -1.26. The molecule has 16 heavy (non-hydrogen) atoms. The van der Waals surface area contributed by atoms with Gasteiger partial charge in [0.15, 0.2) is 0 Å². The number of hydrogen-bond acceptors (Lipinski definition) is 3. The molecule has 2 rings (SSSR count). The maximum atomic E-state index is 5.58. The summed E-state index contributed by atoms with van der Waals surface area (Å²) >= 11 is 3.53. The van der Waals surface area contributed by atoms with E-state index in [0.717, 1.165) is 27.7 Å². The molecule has 82 valence electrons. The molecule has 1 aromatic heterocycles. The van der Waals surface area contributed by atoms with E-state index in [1.807, 2.05) is 30.5 Å². The van der Waals surface area contributed by atoms with E-state index in [-0.39, 0.29) is 0 Å². The Kier molecular flexibility index (Phi) is 3.64. The second-order valence-corrected chi connectivity index (χ2v) is 4.27. The van der Waals surface area contributed by atoms with Gasteiger partial charge < -0.3 is 5.73 Å². The lowest BCUT2D eigenvalue weighted by Gasteiger charge is -2.08. The van der Waals surface area contributed by atoms with Crippen molar-refractivity contribution in [1.29, 1.82) is 0 Å². The monoisotopic (exact) mass is 277 g/mol. The minimum absolute atomic E-state index is 0.602. The minimum Gasteiger partial charge on any atom is -0.330 e. The van der Waals surface area contributed by atoms with Crippen LogP contribution in [0.4, 0.5) is 0 Å². The predicted octanol–water partition coefficient (Wildman–Crippen LogP) is 2.41. The summed E-state index contributed by atoms with van der Waals surface area (Å²) in [4.78, 5) is 8.37. The van der Waals surface area contributed by atoms with Crippen LogP contribution >= 0.6 is 15.9 Å². The molecule has 0 radical (unpaired) electrons. The average molecular weight is 278 g/mol. The zero-order valence-electron chi connectivity index (χ0n) is 8.73. The highest BCUT2D eigenvalue weighted by Gasteiger charge is 2.08. The van der Waals surface area contributed by atoms with Crippen molar-refractivity contribution in [1.82, 2.24) is 9.97 Å². The number of aromatic nitrogens is 2. The maximum Gasteiger partial charge on any atom is 0.116 e. The van der Waals surface area contributed by atoms with Gasteiger partial charge >= 0.3 is 0 Å². The molecule has 1 heterocycles. The van der Waals surface area contributed by atoms with Crippen molar-refractivity contribution in [3.8, 4) is 11.3 Å². The molecular weight excluding hydrogens is 266 g/mol. The number of rotatable bonds is 3. The van der Waals surface area contributed by atoms with Gasteiger partial charge in [0.25, 0.3) is 0 Å². The van der Waals surface area contributed by atoms with Gasteiger partial charge in [0.1, 0.15) is 6.33 Å². The fourth-order valence-corrected chi connectivity index (χ4v) is 2.07. The highest BCUT2D eigenvalue weighted by molar-refractivity contribution is 9.10. The molecule has 0 fully saturated rings. The first kappa shape index (κ1) is 11.2. The van der Waals surface area contributed by atoms with Crippen LogP contribution in [-0.4, -0.2) is 16.5 Å². The van der Waals surface area contributed by atoms with Crippen molar-refractivity contribution in [2.24, 2.45) is 5.73 Å². The Bertz CT molecular complexity index is 485. The van der Waals surface area contributed by atoms with Crippen LogP contribution in [0.1, 0.15) is 5.56 Å². The molecule has 2 aromatic rings. The van der Waals surface area contributed by atoms with Crippen molar-refractivity contribution >= 4 is 15.9 Å². The Morgan fingerprint density at radius 3 is 2.81 bits per heavy atom. The van der Waals surface area contributed by atoms with E-state index in [9.17, 15) is 0 Å². The molecule has 1 aromatic carbocycles. The van der Waals surface area contributed by atoms with Gasteiger partial charge in [-0.15, -0.1) is 0 Å². The highest BCUT2D eigenvalue weighted by atomic mass is 79.9. The topological polar surface area (TPSA) is 51.8 Å². The Labute approximate surface area is 103 Å². The van der Waals surface area contributed by atoms with Crippen LogP contribution in [0.5, 0.6) is 0 Å². The van der Waals surface area contributed by atoms with Crippen LogP contribution in [0.25, 0.3) is 11.3 Å². The first-order valence-corrected chi connectivity index (χ1v) is 5.86. The molecule has 0 spiro atoms. The zero-order chi connectivity index (χ0) is 11.4. The first-order chi connectivity index (χ1) is 7.83. The van der Waals surface area contributed by atoms with E-state index >= 15 is 0 Å². The molecular formula is C12H12BrN3. The van der Waals surface area contributed by atoms with Gasteiger partial charge in [0.2, 0.25) is 0 Å².